The minimum atomic E-state index is -0.551. The Morgan fingerprint density at radius 1 is 1.00 bits per heavy atom. The van der Waals surface area contributed by atoms with Crippen LogP contribution < -0.4 is 4.74 Å². The second kappa shape index (κ2) is 7.48. The maximum Gasteiger partial charge on any atom is 0.368 e. The molecule has 0 radical (unpaired) electrons. The maximum absolute atomic E-state index is 14.2. The lowest BCUT2D eigenvalue weighted by Crippen LogP contribution is -2.06. The molecule has 0 bridgehead atoms. The van der Waals surface area contributed by atoms with Crippen molar-refractivity contribution < 1.29 is 18.8 Å². The first-order chi connectivity index (χ1) is 13.6. The summed E-state index contributed by atoms with van der Waals surface area (Å²) in [6.45, 7) is 1.98. The second-order valence-electron chi connectivity index (χ2n) is 6.35. The minimum Gasteiger partial charge on any atom is -0.454 e. The molecule has 0 aliphatic carbocycles. The van der Waals surface area contributed by atoms with Gasteiger partial charge in [0.05, 0.1) is 5.57 Å². The zero-order chi connectivity index (χ0) is 19.5. The number of hydrogen-bond acceptors (Lipinski definition) is 4. The third kappa shape index (κ3) is 3.69. The number of aryl methyl sites for hydroxylation is 1. The van der Waals surface area contributed by atoms with Crippen LogP contribution in [-0.2, 0) is 9.63 Å². The van der Waals surface area contributed by atoms with Crippen LogP contribution >= 0.6 is 0 Å². The van der Waals surface area contributed by atoms with Crippen molar-refractivity contribution >= 4 is 17.8 Å². The zero-order valence-electron chi connectivity index (χ0n) is 15.1. The van der Waals surface area contributed by atoms with E-state index in [9.17, 15) is 9.18 Å². The lowest BCUT2D eigenvalue weighted by atomic mass is 10.00. The van der Waals surface area contributed by atoms with E-state index < -0.39 is 11.8 Å². The molecular weight excluding hydrogens is 357 g/mol. The highest BCUT2D eigenvalue weighted by molar-refractivity contribution is 6.31. The molecule has 3 aromatic carbocycles. The summed E-state index contributed by atoms with van der Waals surface area (Å²) < 4.78 is 19.8. The van der Waals surface area contributed by atoms with Gasteiger partial charge >= 0.3 is 5.97 Å². The summed E-state index contributed by atoms with van der Waals surface area (Å²) in [7, 11) is 0. The Labute approximate surface area is 161 Å². The summed E-state index contributed by atoms with van der Waals surface area (Å²) in [5.74, 6) is -0.452. The molecule has 0 saturated carbocycles. The fourth-order valence-electron chi connectivity index (χ4n) is 2.80. The number of hydrogen-bond donors (Lipinski definition) is 0. The van der Waals surface area contributed by atoms with E-state index in [0.29, 0.717) is 22.6 Å². The van der Waals surface area contributed by atoms with Crippen molar-refractivity contribution in [2.75, 3.05) is 0 Å². The van der Waals surface area contributed by atoms with Gasteiger partial charge in [0.1, 0.15) is 11.5 Å². The van der Waals surface area contributed by atoms with Crippen molar-refractivity contribution in [1.82, 2.24) is 0 Å². The van der Waals surface area contributed by atoms with E-state index in [-0.39, 0.29) is 5.75 Å². The Hall–Kier alpha value is -3.73. The van der Waals surface area contributed by atoms with Gasteiger partial charge in [-0.05, 0) is 42.8 Å². The van der Waals surface area contributed by atoms with Crippen LogP contribution in [0.3, 0.4) is 0 Å². The van der Waals surface area contributed by atoms with Gasteiger partial charge in [-0.25, -0.2) is 9.18 Å². The first-order valence-electron chi connectivity index (χ1n) is 8.71. The topological polar surface area (TPSA) is 47.9 Å². The molecule has 0 atom stereocenters. The third-order valence-electron chi connectivity index (χ3n) is 4.26. The highest BCUT2D eigenvalue weighted by Gasteiger charge is 2.26. The van der Waals surface area contributed by atoms with Crippen molar-refractivity contribution in [2.24, 2.45) is 5.16 Å². The van der Waals surface area contributed by atoms with Crippen molar-refractivity contribution in [2.45, 2.75) is 6.92 Å². The molecule has 0 aromatic heterocycles. The fraction of sp³-hybridized carbons (Fsp3) is 0.0435. The number of halogens is 1. The van der Waals surface area contributed by atoms with Crippen molar-refractivity contribution in [3.05, 3.63) is 101 Å². The monoisotopic (exact) mass is 373 g/mol. The van der Waals surface area contributed by atoms with Gasteiger partial charge < -0.3 is 9.57 Å². The van der Waals surface area contributed by atoms with Crippen molar-refractivity contribution in [1.29, 1.82) is 0 Å². The van der Waals surface area contributed by atoms with Crippen LogP contribution in [-0.4, -0.2) is 11.7 Å². The quantitative estimate of drug-likeness (QED) is 0.462. The summed E-state index contributed by atoms with van der Waals surface area (Å²) >= 11 is 0. The van der Waals surface area contributed by atoms with Crippen LogP contribution in [0.5, 0.6) is 11.5 Å². The van der Waals surface area contributed by atoms with Crippen LogP contribution in [0.1, 0.15) is 16.7 Å². The summed E-state index contributed by atoms with van der Waals surface area (Å²) in [6, 6.07) is 20.9. The molecular formula is C23H16FNO3. The maximum atomic E-state index is 14.2. The molecule has 5 heteroatoms. The highest BCUT2D eigenvalue weighted by Crippen LogP contribution is 2.27. The third-order valence-corrected chi connectivity index (χ3v) is 4.26. The van der Waals surface area contributed by atoms with E-state index in [2.05, 4.69) is 5.16 Å². The fourth-order valence-corrected chi connectivity index (χ4v) is 2.80. The zero-order valence-corrected chi connectivity index (χ0v) is 15.1. The molecule has 4 nitrogen and oxygen atoms in total. The van der Waals surface area contributed by atoms with Gasteiger partial charge in [-0.1, -0.05) is 59.3 Å². The predicted octanol–water partition coefficient (Wildman–Crippen LogP) is 5.27. The van der Waals surface area contributed by atoms with Gasteiger partial charge in [0.2, 0.25) is 0 Å². The van der Waals surface area contributed by atoms with Crippen LogP contribution in [0.4, 0.5) is 4.39 Å². The lowest BCUT2D eigenvalue weighted by Gasteiger charge is -2.08. The molecule has 0 amide bonds. The Morgan fingerprint density at radius 3 is 2.50 bits per heavy atom. The van der Waals surface area contributed by atoms with Crippen LogP contribution in [0.2, 0.25) is 0 Å². The standard InChI is InChI=1S/C23H16FNO3/c1-15-7-10-17(11-8-15)22-19(23(26)28-25-22)13-16-9-12-20(24)21(14-16)27-18-5-3-2-4-6-18/h2-14H,1H3/b19-13-. The van der Waals surface area contributed by atoms with Gasteiger partial charge in [0, 0.05) is 5.56 Å². The van der Waals surface area contributed by atoms with Gasteiger partial charge in [0.25, 0.3) is 0 Å². The Kier molecular flexibility index (Phi) is 4.72. The SMILES string of the molecule is Cc1ccc(C2=NOC(=O)/C2=C\c2ccc(F)c(Oc3ccccc3)c2)cc1. The Bertz CT molecular complexity index is 1090. The molecule has 0 fully saturated rings. The molecule has 0 spiro atoms. The van der Waals surface area contributed by atoms with E-state index in [1.807, 2.05) is 37.3 Å². The first kappa shape index (κ1) is 17.7. The number of benzene rings is 3. The number of carbonyl (C=O) groups excluding carboxylic acids is 1. The van der Waals surface area contributed by atoms with Gasteiger partial charge in [0.15, 0.2) is 11.6 Å². The average molecular weight is 373 g/mol. The number of nitrogens with zero attached hydrogens (tertiary/aromatic N) is 1. The smallest absolute Gasteiger partial charge is 0.368 e. The minimum absolute atomic E-state index is 0.0701. The van der Waals surface area contributed by atoms with Crippen LogP contribution in [0, 0.1) is 12.7 Å². The number of para-hydroxylation sites is 1. The highest BCUT2D eigenvalue weighted by atomic mass is 19.1. The van der Waals surface area contributed by atoms with E-state index in [1.165, 1.54) is 12.1 Å². The first-order valence-corrected chi connectivity index (χ1v) is 8.71. The van der Waals surface area contributed by atoms with Crippen molar-refractivity contribution in [3.8, 4) is 11.5 Å². The lowest BCUT2D eigenvalue weighted by molar-refractivity contribution is -0.136. The molecule has 1 heterocycles. The van der Waals surface area contributed by atoms with Crippen LogP contribution in [0.25, 0.3) is 6.08 Å². The number of carbonyl (C=O) groups is 1. The largest absolute Gasteiger partial charge is 0.454 e. The summed E-state index contributed by atoms with van der Waals surface area (Å²) in [4.78, 5) is 17.0. The Morgan fingerprint density at radius 2 is 1.75 bits per heavy atom. The van der Waals surface area contributed by atoms with Crippen LogP contribution in [0.15, 0.2) is 83.5 Å². The normalized spacial score (nSPS) is 14.7. The molecule has 28 heavy (non-hydrogen) atoms. The average Bonchev–Trinajstić information content (AvgIpc) is 3.06. The molecule has 138 valence electrons. The van der Waals surface area contributed by atoms with E-state index in [1.54, 1.807) is 36.4 Å². The molecule has 0 unspecified atom stereocenters. The number of rotatable bonds is 4. The molecule has 3 aromatic rings. The number of ether oxygens (including phenoxy) is 1. The molecule has 0 N–H and O–H groups in total. The summed E-state index contributed by atoms with van der Waals surface area (Å²) in [5, 5.41) is 3.90. The van der Waals surface area contributed by atoms with E-state index in [4.69, 9.17) is 9.57 Å². The summed E-state index contributed by atoms with van der Waals surface area (Å²) in [6.07, 6.45) is 1.62. The molecule has 0 saturated heterocycles. The molecule has 4 rings (SSSR count). The predicted molar refractivity (Wildman–Crippen MR) is 105 cm³/mol. The molecule has 1 aliphatic rings. The van der Waals surface area contributed by atoms with Crippen molar-refractivity contribution in [3.63, 3.8) is 0 Å². The molecule has 1 aliphatic heterocycles. The van der Waals surface area contributed by atoms with Gasteiger partial charge in [-0.2, -0.15) is 0 Å². The second-order valence-corrected chi connectivity index (χ2v) is 6.35. The number of oxime groups is 1. The van der Waals surface area contributed by atoms with Gasteiger partial charge in [-0.3, -0.25) is 0 Å². The summed E-state index contributed by atoms with van der Waals surface area (Å²) in [5.41, 5.74) is 3.22. The van der Waals surface area contributed by atoms with E-state index >= 15 is 0 Å². The van der Waals surface area contributed by atoms with E-state index in [0.717, 1.165) is 11.1 Å². The Balaban J connectivity index is 1.67. The van der Waals surface area contributed by atoms with Gasteiger partial charge in [-0.15, -0.1) is 0 Å².